The number of amides is 1. The Labute approximate surface area is 161 Å². The average molecular weight is 377 g/mol. The van der Waals surface area contributed by atoms with E-state index in [1.54, 1.807) is 0 Å². The molecule has 2 saturated heterocycles. The van der Waals surface area contributed by atoms with Crippen LogP contribution in [0.3, 0.4) is 0 Å². The zero-order valence-electron chi connectivity index (χ0n) is 16.6. The van der Waals surface area contributed by atoms with Crippen molar-refractivity contribution < 1.29 is 23.7 Å². The van der Waals surface area contributed by atoms with Crippen LogP contribution < -0.4 is 5.32 Å². The van der Waals surface area contributed by atoms with E-state index in [4.69, 9.17) is 18.9 Å². The summed E-state index contributed by atoms with van der Waals surface area (Å²) in [6.45, 7) is 8.42. The van der Waals surface area contributed by atoms with Gasteiger partial charge in [0.05, 0.1) is 32.8 Å². The highest BCUT2D eigenvalue weighted by atomic mass is 16.8. The molecule has 150 valence electrons. The van der Waals surface area contributed by atoms with E-state index in [1.807, 2.05) is 45.0 Å². The van der Waals surface area contributed by atoms with Crippen molar-refractivity contribution in [1.29, 1.82) is 0 Å². The van der Waals surface area contributed by atoms with Gasteiger partial charge in [0.1, 0.15) is 0 Å². The minimum absolute atomic E-state index is 0.0502. The lowest BCUT2D eigenvalue weighted by Crippen LogP contribution is -2.41. The second-order valence-corrected chi connectivity index (χ2v) is 7.96. The molecule has 2 aliphatic rings. The van der Waals surface area contributed by atoms with Gasteiger partial charge in [-0.2, -0.15) is 0 Å². The first-order valence-corrected chi connectivity index (χ1v) is 9.83. The number of nitrogens with one attached hydrogen (secondary N) is 1. The Kier molecular flexibility index (Phi) is 6.52. The standard InChI is InChI=1S/C21H31NO5/c1-16(2)14-19(23)22-18-6-4-17(5-7-18)8-9-21(26-12-13-27-21)15-20(3)24-10-11-25-20/h4-7,16H,8-15H2,1-3H3,(H,22,23). The topological polar surface area (TPSA) is 66.0 Å². The quantitative estimate of drug-likeness (QED) is 0.751. The van der Waals surface area contributed by atoms with Crippen LogP contribution in [0.2, 0.25) is 0 Å². The van der Waals surface area contributed by atoms with Gasteiger partial charge in [-0.05, 0) is 37.0 Å². The molecule has 0 aromatic heterocycles. The number of aryl methyl sites for hydroxylation is 1. The molecule has 0 radical (unpaired) electrons. The molecule has 1 N–H and O–H groups in total. The van der Waals surface area contributed by atoms with E-state index in [1.165, 1.54) is 5.56 Å². The van der Waals surface area contributed by atoms with Crippen LogP contribution in [0, 0.1) is 5.92 Å². The van der Waals surface area contributed by atoms with Crippen molar-refractivity contribution in [2.75, 3.05) is 31.7 Å². The molecule has 1 amide bonds. The normalized spacial score (nSPS) is 20.9. The summed E-state index contributed by atoms with van der Waals surface area (Å²) in [6, 6.07) is 7.97. The van der Waals surface area contributed by atoms with E-state index in [0.29, 0.717) is 45.2 Å². The average Bonchev–Trinajstić information content (AvgIpc) is 3.23. The van der Waals surface area contributed by atoms with E-state index >= 15 is 0 Å². The number of carbonyl (C=O) groups is 1. The molecule has 1 aromatic rings. The summed E-state index contributed by atoms with van der Waals surface area (Å²) in [7, 11) is 0. The van der Waals surface area contributed by atoms with Gasteiger partial charge in [-0.3, -0.25) is 4.79 Å². The zero-order chi connectivity index (χ0) is 19.3. The van der Waals surface area contributed by atoms with Crippen LogP contribution in [0.25, 0.3) is 0 Å². The molecule has 0 atom stereocenters. The molecule has 6 nitrogen and oxygen atoms in total. The molecule has 3 rings (SSSR count). The van der Waals surface area contributed by atoms with Gasteiger partial charge in [0, 0.05) is 18.5 Å². The lowest BCUT2D eigenvalue weighted by Gasteiger charge is -2.34. The van der Waals surface area contributed by atoms with Crippen LogP contribution in [0.5, 0.6) is 0 Å². The largest absolute Gasteiger partial charge is 0.348 e. The first-order chi connectivity index (χ1) is 12.9. The van der Waals surface area contributed by atoms with Crippen molar-refractivity contribution in [3.8, 4) is 0 Å². The maximum Gasteiger partial charge on any atom is 0.224 e. The van der Waals surface area contributed by atoms with Gasteiger partial charge in [-0.15, -0.1) is 0 Å². The number of benzene rings is 1. The number of carbonyl (C=O) groups excluding carboxylic acids is 1. The maximum atomic E-state index is 11.9. The van der Waals surface area contributed by atoms with Crippen molar-refractivity contribution in [2.24, 2.45) is 5.92 Å². The highest BCUT2D eigenvalue weighted by molar-refractivity contribution is 5.90. The molecule has 2 heterocycles. The summed E-state index contributed by atoms with van der Waals surface area (Å²) >= 11 is 0. The van der Waals surface area contributed by atoms with Crippen molar-refractivity contribution in [3.63, 3.8) is 0 Å². The minimum atomic E-state index is -0.663. The van der Waals surface area contributed by atoms with Crippen LogP contribution in [0.4, 0.5) is 5.69 Å². The number of anilines is 1. The Bertz CT molecular complexity index is 616. The van der Waals surface area contributed by atoms with Gasteiger partial charge >= 0.3 is 0 Å². The van der Waals surface area contributed by atoms with Crippen LogP contribution in [-0.4, -0.2) is 43.9 Å². The monoisotopic (exact) mass is 377 g/mol. The summed E-state index contributed by atoms with van der Waals surface area (Å²) in [5, 5.41) is 2.94. The van der Waals surface area contributed by atoms with E-state index in [-0.39, 0.29) is 5.91 Å². The molecular formula is C21H31NO5. The van der Waals surface area contributed by atoms with E-state index in [0.717, 1.165) is 18.5 Å². The smallest absolute Gasteiger partial charge is 0.224 e. The van der Waals surface area contributed by atoms with E-state index in [2.05, 4.69) is 5.32 Å². The molecule has 0 spiro atoms. The fourth-order valence-electron chi connectivity index (χ4n) is 3.65. The third-order valence-corrected chi connectivity index (χ3v) is 4.93. The Morgan fingerprint density at radius 1 is 1.04 bits per heavy atom. The predicted octanol–water partition coefficient (Wildman–Crippen LogP) is 3.50. The summed E-state index contributed by atoms with van der Waals surface area (Å²) in [5.74, 6) is -0.908. The molecule has 27 heavy (non-hydrogen) atoms. The van der Waals surface area contributed by atoms with Gasteiger partial charge < -0.3 is 24.3 Å². The lowest BCUT2D eigenvalue weighted by atomic mass is 9.98. The van der Waals surface area contributed by atoms with Crippen LogP contribution in [0.1, 0.15) is 45.6 Å². The number of ether oxygens (including phenoxy) is 4. The second-order valence-electron chi connectivity index (χ2n) is 7.96. The van der Waals surface area contributed by atoms with Gasteiger partial charge in [0.15, 0.2) is 11.6 Å². The van der Waals surface area contributed by atoms with E-state index in [9.17, 15) is 4.79 Å². The number of rotatable bonds is 8. The predicted molar refractivity (Wildman–Crippen MR) is 102 cm³/mol. The Morgan fingerprint density at radius 2 is 1.63 bits per heavy atom. The summed E-state index contributed by atoms with van der Waals surface area (Å²) in [4.78, 5) is 11.9. The minimum Gasteiger partial charge on any atom is -0.348 e. The first kappa shape index (κ1) is 20.3. The molecule has 6 heteroatoms. The molecule has 0 saturated carbocycles. The highest BCUT2D eigenvalue weighted by Crippen LogP contribution is 2.37. The third kappa shape index (κ3) is 5.75. The van der Waals surface area contributed by atoms with Crippen molar-refractivity contribution in [1.82, 2.24) is 0 Å². The van der Waals surface area contributed by atoms with E-state index < -0.39 is 11.6 Å². The molecule has 2 fully saturated rings. The second kappa shape index (κ2) is 8.69. The van der Waals surface area contributed by atoms with Crippen LogP contribution in [-0.2, 0) is 30.2 Å². The van der Waals surface area contributed by atoms with Crippen LogP contribution in [0.15, 0.2) is 24.3 Å². The van der Waals surface area contributed by atoms with Crippen molar-refractivity contribution in [2.45, 2.75) is 58.0 Å². The lowest BCUT2D eigenvalue weighted by molar-refractivity contribution is -0.244. The number of hydrogen-bond donors (Lipinski definition) is 1. The third-order valence-electron chi connectivity index (χ3n) is 4.93. The fraction of sp³-hybridized carbons (Fsp3) is 0.667. The first-order valence-electron chi connectivity index (χ1n) is 9.83. The van der Waals surface area contributed by atoms with Crippen molar-refractivity contribution in [3.05, 3.63) is 29.8 Å². The van der Waals surface area contributed by atoms with Gasteiger partial charge in [0.2, 0.25) is 5.91 Å². The zero-order valence-corrected chi connectivity index (χ0v) is 16.6. The highest BCUT2D eigenvalue weighted by Gasteiger charge is 2.46. The summed E-state index contributed by atoms with van der Waals surface area (Å²) in [5.41, 5.74) is 2.00. The SMILES string of the molecule is CC(C)CC(=O)Nc1ccc(CCC2(CC3(C)OCCO3)OCCO2)cc1. The summed E-state index contributed by atoms with van der Waals surface area (Å²) in [6.07, 6.45) is 2.63. The number of hydrogen-bond acceptors (Lipinski definition) is 5. The van der Waals surface area contributed by atoms with Gasteiger partial charge in [-0.1, -0.05) is 26.0 Å². The van der Waals surface area contributed by atoms with Crippen molar-refractivity contribution >= 4 is 11.6 Å². The summed E-state index contributed by atoms with van der Waals surface area (Å²) < 4.78 is 23.4. The maximum absolute atomic E-state index is 11.9. The molecule has 2 aliphatic heterocycles. The molecule has 0 bridgehead atoms. The fourth-order valence-corrected chi connectivity index (χ4v) is 3.65. The molecule has 0 aliphatic carbocycles. The van der Waals surface area contributed by atoms with Gasteiger partial charge in [0.25, 0.3) is 0 Å². The molecule has 0 unspecified atom stereocenters. The molecule has 1 aromatic carbocycles. The van der Waals surface area contributed by atoms with Gasteiger partial charge in [-0.25, -0.2) is 0 Å². The van der Waals surface area contributed by atoms with Crippen LogP contribution >= 0.6 is 0 Å². The molecular weight excluding hydrogens is 346 g/mol. The Balaban J connectivity index is 1.55. The Hall–Kier alpha value is -1.47. The Morgan fingerprint density at radius 3 is 2.22 bits per heavy atom.